The number of halogens is 4. The second-order valence-electron chi connectivity index (χ2n) is 13.9. The van der Waals surface area contributed by atoms with Crippen LogP contribution in [0.25, 0.3) is 5.57 Å². The van der Waals surface area contributed by atoms with Crippen LogP contribution < -0.4 is 10.0 Å². The summed E-state index contributed by atoms with van der Waals surface area (Å²) < 4.78 is 73.9. The molecule has 282 valence electrons. The smallest absolute Gasteiger partial charge is 0.333 e. The van der Waals surface area contributed by atoms with Gasteiger partial charge in [-0.1, -0.05) is 23.7 Å². The summed E-state index contributed by atoms with van der Waals surface area (Å²) in [6.07, 6.45) is 7.34. The van der Waals surface area contributed by atoms with Crippen molar-refractivity contribution in [2.45, 2.75) is 61.6 Å². The van der Waals surface area contributed by atoms with E-state index in [1.54, 1.807) is 36.0 Å². The number of nitrogens with zero attached hydrogens (tertiary/aromatic N) is 7. The molecule has 3 unspecified atom stereocenters. The molecule has 2 aliphatic carbocycles. The molecule has 0 spiro atoms. The molecule has 1 saturated heterocycles. The molecule has 4 aromatic rings. The largest absolute Gasteiger partial charge is 0.383 e. The number of benzene rings is 1. The van der Waals surface area contributed by atoms with E-state index in [0.29, 0.717) is 51.0 Å². The molecule has 8 rings (SSSR count). The molecule has 5 heterocycles. The maximum absolute atomic E-state index is 14.4. The normalized spacial score (nSPS) is 27.0. The van der Waals surface area contributed by atoms with Crippen LogP contribution in [0.1, 0.15) is 61.0 Å². The number of aromatic nitrogens is 4. The number of hydrogen-bond donors (Lipinski definition) is 4. The number of fused-ring (bicyclic) bond motifs is 3. The number of alkyl halides is 2. The van der Waals surface area contributed by atoms with E-state index in [0.717, 1.165) is 12.3 Å². The first-order valence-corrected chi connectivity index (χ1v) is 20.0. The van der Waals surface area contributed by atoms with Gasteiger partial charge in [-0.25, -0.2) is 37.7 Å². The van der Waals surface area contributed by atoms with Gasteiger partial charge in [-0.2, -0.15) is 19.0 Å². The van der Waals surface area contributed by atoms with Crippen LogP contribution >= 0.6 is 22.9 Å². The molecule has 1 aromatic carbocycles. The van der Waals surface area contributed by atoms with Gasteiger partial charge in [0.15, 0.2) is 10.8 Å². The van der Waals surface area contributed by atoms with E-state index in [9.17, 15) is 26.7 Å². The van der Waals surface area contributed by atoms with Gasteiger partial charge in [0.1, 0.15) is 29.0 Å². The number of amidine groups is 1. The van der Waals surface area contributed by atoms with Gasteiger partial charge in [-0.3, -0.25) is 4.99 Å². The van der Waals surface area contributed by atoms with E-state index in [2.05, 4.69) is 30.2 Å². The van der Waals surface area contributed by atoms with Gasteiger partial charge in [0.05, 0.1) is 10.9 Å². The van der Waals surface area contributed by atoms with Gasteiger partial charge in [0, 0.05) is 71.0 Å². The highest BCUT2D eigenvalue weighted by molar-refractivity contribution is 7.90. The zero-order valence-electron chi connectivity index (χ0n) is 28.4. The predicted octanol–water partition coefficient (Wildman–Crippen LogP) is 6.73. The van der Waals surface area contributed by atoms with Crippen LogP contribution in [0.4, 0.5) is 19.0 Å². The second-order valence-corrected chi connectivity index (χ2v) is 17.0. The van der Waals surface area contributed by atoms with Crippen LogP contribution in [-0.2, 0) is 10.0 Å². The first kappa shape index (κ1) is 36.5. The highest BCUT2D eigenvalue weighted by Gasteiger charge is 2.56. The van der Waals surface area contributed by atoms with Gasteiger partial charge in [0.25, 0.3) is 0 Å². The third kappa shape index (κ3) is 6.74. The summed E-state index contributed by atoms with van der Waals surface area (Å²) in [4.78, 5) is 15.5. The molecule has 4 N–H and O–H groups in total. The molecule has 4 aliphatic rings. The minimum absolute atomic E-state index is 0.0776. The number of aliphatic imine (C=N–C) groups is 1. The third-order valence-corrected chi connectivity index (χ3v) is 13.8. The predicted molar refractivity (Wildman–Crippen MR) is 196 cm³/mol. The summed E-state index contributed by atoms with van der Waals surface area (Å²) in [5.41, 5.74) is 8.05. The maximum Gasteiger partial charge on any atom is 0.333 e. The SMILES string of the molecule is N=N/C(=C\Nc1ccccn1)C1(O)CC2CCC(C1)C2S(=O)(=O)NC1CC2=C(c3ccn(C(F)F)n3)[C@H](c3ccc(F)cc3Cl)N=C(c3nccs3)N2C1. The van der Waals surface area contributed by atoms with Gasteiger partial charge >= 0.3 is 6.55 Å². The van der Waals surface area contributed by atoms with Crippen LogP contribution in [0.15, 0.2) is 94.1 Å². The molecule has 2 bridgehead atoms. The van der Waals surface area contributed by atoms with Crippen LogP contribution in [0.2, 0.25) is 5.02 Å². The summed E-state index contributed by atoms with van der Waals surface area (Å²) in [6.45, 7) is -2.75. The van der Waals surface area contributed by atoms with Gasteiger partial charge in [0.2, 0.25) is 10.0 Å². The molecule has 4 atom stereocenters. The number of thiazole rings is 1. The average Bonchev–Trinajstić information content (AvgIpc) is 3.95. The van der Waals surface area contributed by atoms with Gasteiger partial charge in [-0.15, -0.1) is 11.3 Å². The zero-order valence-corrected chi connectivity index (χ0v) is 30.7. The number of rotatable bonds is 11. The van der Waals surface area contributed by atoms with Crippen molar-refractivity contribution in [3.8, 4) is 0 Å². The highest BCUT2D eigenvalue weighted by atomic mass is 35.5. The average molecular weight is 799 g/mol. The lowest BCUT2D eigenvalue weighted by atomic mass is 9.75. The Hall–Kier alpha value is -4.49. The summed E-state index contributed by atoms with van der Waals surface area (Å²) in [7, 11) is -3.99. The second kappa shape index (κ2) is 14.3. The Balaban J connectivity index is 1.10. The van der Waals surface area contributed by atoms with E-state index in [4.69, 9.17) is 22.1 Å². The molecule has 2 aliphatic heterocycles. The zero-order chi connectivity index (χ0) is 37.8. The van der Waals surface area contributed by atoms with E-state index in [1.807, 2.05) is 4.90 Å². The number of pyridine rings is 1. The lowest BCUT2D eigenvalue weighted by Gasteiger charge is -2.40. The summed E-state index contributed by atoms with van der Waals surface area (Å²) >= 11 is 7.90. The lowest BCUT2D eigenvalue weighted by molar-refractivity contribution is 0.0120. The Morgan fingerprint density at radius 2 is 1.94 bits per heavy atom. The Morgan fingerprint density at radius 1 is 1.15 bits per heavy atom. The van der Waals surface area contributed by atoms with E-state index < -0.39 is 57.2 Å². The summed E-state index contributed by atoms with van der Waals surface area (Å²) in [5.74, 6) is -0.421. The van der Waals surface area contributed by atoms with Crippen molar-refractivity contribution >= 4 is 50.2 Å². The lowest BCUT2D eigenvalue weighted by Crippen LogP contribution is -2.52. The van der Waals surface area contributed by atoms with Crippen molar-refractivity contribution in [2.24, 2.45) is 21.9 Å². The topological polar surface area (TPSA) is 174 Å². The first-order valence-electron chi connectivity index (χ1n) is 17.2. The molecule has 13 nitrogen and oxygen atoms in total. The summed E-state index contributed by atoms with van der Waals surface area (Å²) in [6, 6.07) is 9.05. The highest BCUT2D eigenvalue weighted by Crippen LogP contribution is 2.52. The maximum atomic E-state index is 14.4. The number of aliphatic hydroxyl groups is 1. The standard InChI is InChI=1S/C35H34ClF3N10O3S2/c36-24-13-21(37)6-7-23(24)30-29(25-8-11-49(46-25)34(38)39)26-14-22(18-48(26)32(44-30)33-42-10-12-53-33)47-54(51,52)31-19-4-5-20(31)16-35(50,15-19)27(45-40)17-43-28-3-1-2-9-41-28/h1-3,6-13,17,19-20,22,30-31,34,40,47,50H,4-5,14-16,18H2,(H,41,43)/b27-17-,45-40?/t19?,20?,22?,30-,31?,35?/m0/s1. The molecule has 0 radical (unpaired) electrons. The van der Waals surface area contributed by atoms with Gasteiger partial charge < -0.3 is 15.3 Å². The van der Waals surface area contributed by atoms with Crippen molar-refractivity contribution < 1.29 is 26.7 Å². The van der Waals surface area contributed by atoms with Crippen molar-refractivity contribution in [1.82, 2.24) is 29.4 Å². The number of nitrogens with one attached hydrogen (secondary N) is 3. The van der Waals surface area contributed by atoms with Crippen molar-refractivity contribution in [3.63, 3.8) is 0 Å². The Morgan fingerprint density at radius 3 is 2.59 bits per heavy atom. The molecular formula is C35H34ClF3N10O3S2. The molecule has 54 heavy (non-hydrogen) atoms. The van der Waals surface area contributed by atoms with Crippen LogP contribution in [-0.4, -0.2) is 67.4 Å². The fourth-order valence-electron chi connectivity index (χ4n) is 8.45. The number of anilines is 1. The molecule has 0 amide bonds. The van der Waals surface area contributed by atoms with E-state index >= 15 is 0 Å². The van der Waals surface area contributed by atoms with Crippen molar-refractivity contribution in [1.29, 1.82) is 5.53 Å². The Kier molecular flexibility index (Phi) is 9.66. The van der Waals surface area contributed by atoms with Crippen LogP contribution in [0.5, 0.6) is 0 Å². The molecule has 3 aromatic heterocycles. The molecular weight excluding hydrogens is 765 g/mol. The van der Waals surface area contributed by atoms with E-state index in [1.165, 1.54) is 35.7 Å². The quantitative estimate of drug-likeness (QED) is 0.121. The van der Waals surface area contributed by atoms with Crippen molar-refractivity contribution in [3.05, 3.63) is 111 Å². The fraction of sp³-hybridized carbons (Fsp3) is 0.371. The summed E-state index contributed by atoms with van der Waals surface area (Å²) in [5, 5.41) is 24.1. The van der Waals surface area contributed by atoms with Crippen molar-refractivity contribution in [2.75, 3.05) is 11.9 Å². The Bertz CT molecular complexity index is 2260. The molecule has 2 saturated carbocycles. The monoisotopic (exact) mass is 798 g/mol. The van der Waals surface area contributed by atoms with Gasteiger partial charge in [-0.05, 0) is 67.9 Å². The van der Waals surface area contributed by atoms with Crippen LogP contribution in [0, 0.1) is 23.2 Å². The number of sulfonamides is 1. The minimum Gasteiger partial charge on any atom is -0.383 e. The van der Waals surface area contributed by atoms with Crippen LogP contribution in [0.3, 0.4) is 0 Å². The fourth-order valence-corrected chi connectivity index (χ4v) is 11.6. The molecule has 3 fully saturated rings. The molecule has 19 heteroatoms. The Labute approximate surface area is 317 Å². The number of hydrogen-bond acceptors (Lipinski definition) is 12. The third-order valence-electron chi connectivity index (χ3n) is 10.6. The first-order chi connectivity index (χ1) is 25.9. The minimum atomic E-state index is -3.99. The van der Waals surface area contributed by atoms with E-state index in [-0.39, 0.29) is 42.2 Å².